The Balaban J connectivity index is -0.000000200. The minimum Gasteiger partial charge on any atom is -0.0776 e. The van der Waals surface area contributed by atoms with E-state index in [0.29, 0.717) is 0 Å². The molecule has 0 saturated heterocycles. The van der Waals surface area contributed by atoms with E-state index in [1.807, 2.05) is 0 Å². The van der Waals surface area contributed by atoms with Crippen LogP contribution in [-0.2, 0) is 32.7 Å². The SMILES string of the molecule is C.C.C.C.CP(C)(C)=N[P+](N=P(C)(C)C)(N=P(C)(C)C)N=P(C)(C)C.[Y]. The zero-order valence-corrected chi connectivity index (χ0v) is 23.9. The molecular formula is C16H52N4P5Y+. The second-order valence-corrected chi connectivity index (χ2v) is 28.1. The van der Waals surface area contributed by atoms with Crippen LogP contribution in [0.5, 0.6) is 0 Å². The Bertz CT molecular complexity index is 460. The maximum absolute atomic E-state index is 5.20. The van der Waals surface area contributed by atoms with Gasteiger partial charge >= 0.3 is 7.87 Å². The van der Waals surface area contributed by atoms with Gasteiger partial charge in [-0.1, -0.05) is 47.8 Å². The van der Waals surface area contributed by atoms with E-state index < -0.39 is 36.1 Å². The number of hydrogen-bond donors (Lipinski definition) is 0. The first-order valence-corrected chi connectivity index (χ1v) is 20.9. The average Bonchev–Trinajstić information content (AvgIpc) is 1.83. The van der Waals surface area contributed by atoms with Gasteiger partial charge in [0, 0.05) is 60.9 Å². The van der Waals surface area contributed by atoms with Gasteiger partial charge in [0.05, 0.1) is 0 Å². The fourth-order valence-electron chi connectivity index (χ4n) is 1.55. The summed E-state index contributed by atoms with van der Waals surface area (Å²) >= 11 is 0. The molecule has 0 atom stereocenters. The van der Waals surface area contributed by atoms with Gasteiger partial charge in [-0.05, 0) is 80.0 Å². The van der Waals surface area contributed by atoms with E-state index in [9.17, 15) is 0 Å². The summed E-state index contributed by atoms with van der Waals surface area (Å²) < 4.78 is 20.8. The second-order valence-electron chi connectivity index (χ2n) is 8.66. The Kier molecular flexibility index (Phi) is 23.7. The van der Waals surface area contributed by atoms with Crippen LogP contribution in [-0.4, -0.2) is 80.0 Å². The van der Waals surface area contributed by atoms with Crippen LogP contribution < -0.4 is 0 Å². The molecule has 0 heterocycles. The summed E-state index contributed by atoms with van der Waals surface area (Å²) in [7, 11) is -7.68. The minimum absolute atomic E-state index is 0. The molecule has 0 aromatic heterocycles. The Labute approximate surface area is 195 Å². The quantitative estimate of drug-likeness (QED) is 0.317. The molecule has 0 bridgehead atoms. The van der Waals surface area contributed by atoms with Gasteiger partial charge in [0.2, 0.25) is 0 Å². The topological polar surface area (TPSA) is 49.4 Å². The van der Waals surface area contributed by atoms with Gasteiger partial charge in [-0.15, -0.1) is 0 Å². The summed E-state index contributed by atoms with van der Waals surface area (Å²) in [6.07, 6.45) is 0. The molecule has 0 saturated carbocycles. The van der Waals surface area contributed by atoms with Crippen LogP contribution in [0.25, 0.3) is 0 Å². The van der Waals surface area contributed by atoms with Crippen molar-refractivity contribution in [3.8, 4) is 0 Å². The first kappa shape index (κ1) is 42.5. The molecule has 163 valence electrons. The van der Waals surface area contributed by atoms with Crippen molar-refractivity contribution in [1.29, 1.82) is 0 Å². The van der Waals surface area contributed by atoms with Crippen molar-refractivity contribution >= 4 is 36.1 Å². The van der Waals surface area contributed by atoms with Crippen molar-refractivity contribution in [1.82, 2.24) is 0 Å². The van der Waals surface area contributed by atoms with Crippen LogP contribution in [0.2, 0.25) is 0 Å². The molecule has 0 aromatic rings. The molecule has 0 rings (SSSR count). The molecular weight excluding hydrogens is 492 g/mol. The summed E-state index contributed by atoms with van der Waals surface area (Å²) in [6, 6.07) is 0. The molecule has 0 spiro atoms. The third-order valence-corrected chi connectivity index (χ3v) is 14.0. The second kappa shape index (κ2) is 14.5. The van der Waals surface area contributed by atoms with Gasteiger partial charge in [-0.25, -0.2) is 0 Å². The number of rotatable bonds is 4. The smallest absolute Gasteiger partial charge is 0.0776 e. The summed E-state index contributed by atoms with van der Waals surface area (Å²) in [5, 5.41) is 0. The van der Waals surface area contributed by atoms with E-state index in [2.05, 4.69) is 80.0 Å². The van der Waals surface area contributed by atoms with E-state index in [0.717, 1.165) is 0 Å². The van der Waals surface area contributed by atoms with Crippen LogP contribution in [0, 0.1) is 0 Å². The summed E-state index contributed by atoms with van der Waals surface area (Å²) in [4.78, 5) is 0. The maximum atomic E-state index is 5.20. The number of hydrogen-bond acceptors (Lipinski definition) is 4. The number of nitrogens with zero attached hydrogens (tertiary/aromatic N) is 4. The van der Waals surface area contributed by atoms with Crippen LogP contribution >= 0.6 is 36.1 Å². The van der Waals surface area contributed by atoms with Crippen molar-refractivity contribution in [3.63, 3.8) is 0 Å². The Morgan fingerprint density at radius 3 is 0.577 bits per heavy atom. The molecule has 0 amide bonds. The largest absolute Gasteiger partial charge is 0.486 e. The van der Waals surface area contributed by atoms with Crippen molar-refractivity contribution < 1.29 is 32.7 Å². The summed E-state index contributed by atoms with van der Waals surface area (Å²) in [6.45, 7) is 26.9. The molecule has 0 N–H and O–H groups in total. The summed E-state index contributed by atoms with van der Waals surface area (Å²) in [5.74, 6) is 0. The van der Waals surface area contributed by atoms with E-state index in [1.54, 1.807) is 0 Å². The van der Waals surface area contributed by atoms with Crippen LogP contribution in [0.4, 0.5) is 0 Å². The average molecular weight is 544 g/mol. The van der Waals surface area contributed by atoms with E-state index in [4.69, 9.17) is 18.1 Å². The van der Waals surface area contributed by atoms with Gasteiger partial charge in [-0.3, -0.25) is 0 Å². The third kappa shape index (κ3) is 24.5. The Morgan fingerprint density at radius 1 is 0.385 bits per heavy atom. The normalized spacial score (nSPS) is 11.8. The molecule has 0 aliphatic heterocycles. The van der Waals surface area contributed by atoms with Gasteiger partial charge in [0.1, 0.15) is 0 Å². The van der Waals surface area contributed by atoms with Crippen LogP contribution in [0.3, 0.4) is 0 Å². The fraction of sp³-hybridized carbons (Fsp3) is 1.00. The molecule has 4 nitrogen and oxygen atoms in total. The van der Waals surface area contributed by atoms with E-state index in [-0.39, 0.29) is 62.4 Å². The van der Waals surface area contributed by atoms with Crippen molar-refractivity contribution in [3.05, 3.63) is 0 Å². The van der Waals surface area contributed by atoms with Gasteiger partial charge in [0.15, 0.2) is 0 Å². The summed E-state index contributed by atoms with van der Waals surface area (Å²) in [5.41, 5.74) is 0. The van der Waals surface area contributed by atoms with E-state index in [1.165, 1.54) is 0 Å². The molecule has 0 fully saturated rings. The molecule has 0 unspecified atom stereocenters. The van der Waals surface area contributed by atoms with Gasteiger partial charge in [0.25, 0.3) is 0 Å². The first-order chi connectivity index (χ1) is 8.83. The monoisotopic (exact) mass is 544 g/mol. The van der Waals surface area contributed by atoms with Gasteiger partial charge < -0.3 is 0 Å². The first-order valence-electron chi connectivity index (χ1n) is 6.97. The van der Waals surface area contributed by atoms with Crippen LogP contribution in [0.15, 0.2) is 18.1 Å². The fourth-order valence-corrected chi connectivity index (χ4v) is 15.9. The molecule has 0 aliphatic carbocycles. The predicted octanol–water partition coefficient (Wildman–Crippen LogP) is 9.57. The zero-order chi connectivity index (χ0) is 17.3. The molecule has 26 heavy (non-hydrogen) atoms. The van der Waals surface area contributed by atoms with Crippen molar-refractivity contribution in [2.24, 2.45) is 18.1 Å². The maximum Gasteiger partial charge on any atom is 0.486 e. The van der Waals surface area contributed by atoms with Crippen LogP contribution in [0.1, 0.15) is 29.7 Å². The van der Waals surface area contributed by atoms with Crippen molar-refractivity contribution in [2.45, 2.75) is 29.7 Å². The minimum atomic E-state index is -2.28. The molecule has 0 aliphatic rings. The molecule has 1 radical (unpaired) electrons. The predicted molar refractivity (Wildman–Crippen MR) is 142 cm³/mol. The standard InChI is InChI=1S/C12H36N4P5.4CH4.Y/c1-17(2,3)13-21(14-18(4,5)6,15-19(7,8)9)16-20(10,11)12;;;;;/h1-12H3;4*1H4;/q+1;;;;;. The third-order valence-electron chi connectivity index (χ3n) is 1.55. The molecule has 0 aromatic carbocycles. The Hall–Kier alpha value is 2.45. The van der Waals surface area contributed by atoms with E-state index >= 15 is 0 Å². The zero-order valence-electron chi connectivity index (χ0n) is 16.6. The van der Waals surface area contributed by atoms with Crippen molar-refractivity contribution in [2.75, 3.05) is 80.0 Å². The molecule has 10 heteroatoms. The Morgan fingerprint density at radius 2 is 0.500 bits per heavy atom. The van der Waals surface area contributed by atoms with Gasteiger partial charge in [-0.2, -0.15) is 0 Å².